The van der Waals surface area contributed by atoms with Gasteiger partial charge in [-0.3, -0.25) is 0 Å². The average Bonchev–Trinajstić information content (AvgIpc) is 2.52. The van der Waals surface area contributed by atoms with Crippen molar-refractivity contribution in [3.05, 3.63) is 34.4 Å². The summed E-state index contributed by atoms with van der Waals surface area (Å²) in [5.74, 6) is 0. The fourth-order valence-corrected chi connectivity index (χ4v) is 3.04. The van der Waals surface area contributed by atoms with Crippen molar-refractivity contribution in [1.82, 2.24) is 0 Å². The van der Waals surface area contributed by atoms with Crippen molar-refractivity contribution < 1.29 is 52.7 Å². The van der Waals surface area contributed by atoms with Crippen molar-refractivity contribution in [3.63, 3.8) is 0 Å². The van der Waals surface area contributed by atoms with Crippen LogP contribution in [-0.2, 0) is 25.2 Å². The van der Waals surface area contributed by atoms with Crippen LogP contribution >= 0.6 is 0 Å². The number of alkyl halides is 12. The zero-order valence-corrected chi connectivity index (χ0v) is 15.3. The van der Waals surface area contributed by atoms with Crippen LogP contribution in [-0.4, -0.2) is 12.4 Å². The van der Waals surface area contributed by atoms with Gasteiger partial charge in [0.25, 0.3) is 0 Å². The van der Waals surface area contributed by atoms with E-state index in [1.165, 1.54) is 0 Å². The zero-order valence-electron chi connectivity index (χ0n) is 15.3. The Morgan fingerprint density at radius 3 is 1.00 bits per heavy atom. The summed E-state index contributed by atoms with van der Waals surface area (Å²) in [4.78, 5) is 0. The lowest BCUT2D eigenvalue weighted by Crippen LogP contribution is -2.21. The standard InChI is InChI=1S/C18H18F12/c19-15(20,21)9-3-1-5-11-7-8-12(6-2-4-10-16(22,23)24)14(18(28,29)30)13(11)17(25,26)27/h7-8H,1-6,9-10H2. The Hall–Kier alpha value is -1.62. The van der Waals surface area contributed by atoms with Crippen LogP contribution in [0.3, 0.4) is 0 Å². The average molecular weight is 462 g/mol. The molecule has 1 rings (SSSR count). The van der Waals surface area contributed by atoms with Gasteiger partial charge in [-0.25, -0.2) is 0 Å². The molecule has 0 saturated heterocycles. The van der Waals surface area contributed by atoms with E-state index < -0.39 is 98.3 Å². The molecule has 12 heteroatoms. The highest BCUT2D eigenvalue weighted by Crippen LogP contribution is 2.44. The SMILES string of the molecule is FC(F)(F)CCCCc1ccc(CCCCC(F)(F)F)c(C(F)(F)F)c1C(F)(F)F. The topological polar surface area (TPSA) is 0 Å². The van der Waals surface area contributed by atoms with E-state index in [1.54, 1.807) is 0 Å². The summed E-state index contributed by atoms with van der Waals surface area (Å²) >= 11 is 0. The van der Waals surface area contributed by atoms with Crippen LogP contribution in [0, 0.1) is 0 Å². The molecule has 0 spiro atoms. The first kappa shape index (κ1) is 26.4. The Bertz CT molecular complexity index is 618. The molecule has 0 saturated carbocycles. The molecule has 0 amide bonds. The summed E-state index contributed by atoms with van der Waals surface area (Å²) in [6.07, 6.45) is -25.7. The van der Waals surface area contributed by atoms with Gasteiger partial charge in [0.15, 0.2) is 0 Å². The van der Waals surface area contributed by atoms with E-state index in [2.05, 4.69) is 0 Å². The molecule has 0 N–H and O–H groups in total. The van der Waals surface area contributed by atoms with Crippen molar-refractivity contribution in [3.8, 4) is 0 Å². The van der Waals surface area contributed by atoms with Crippen LogP contribution in [0.2, 0.25) is 0 Å². The van der Waals surface area contributed by atoms with Crippen molar-refractivity contribution in [2.24, 2.45) is 0 Å². The first-order valence-electron chi connectivity index (χ1n) is 8.84. The second kappa shape index (κ2) is 9.67. The molecule has 0 aliphatic carbocycles. The minimum atomic E-state index is -5.44. The van der Waals surface area contributed by atoms with Gasteiger partial charge in [0.05, 0.1) is 11.1 Å². The number of unbranched alkanes of at least 4 members (excludes halogenated alkanes) is 2. The summed E-state index contributed by atoms with van der Waals surface area (Å²) in [5, 5.41) is 0. The molecule has 0 bridgehead atoms. The van der Waals surface area contributed by atoms with Crippen LogP contribution in [0.15, 0.2) is 12.1 Å². The Morgan fingerprint density at radius 2 is 0.767 bits per heavy atom. The molecule has 0 aliphatic heterocycles. The van der Waals surface area contributed by atoms with Gasteiger partial charge >= 0.3 is 24.7 Å². The fraction of sp³-hybridized carbons (Fsp3) is 0.667. The number of halogens is 12. The van der Waals surface area contributed by atoms with E-state index in [4.69, 9.17) is 0 Å². The van der Waals surface area contributed by atoms with E-state index in [0.717, 1.165) is 12.1 Å². The molecular weight excluding hydrogens is 444 g/mol. The predicted octanol–water partition coefficient (Wildman–Crippen LogP) is 8.27. The smallest absolute Gasteiger partial charge is 0.171 e. The van der Waals surface area contributed by atoms with E-state index in [1.807, 2.05) is 0 Å². The maximum absolute atomic E-state index is 13.4. The van der Waals surface area contributed by atoms with Crippen LogP contribution in [0.4, 0.5) is 52.7 Å². The van der Waals surface area contributed by atoms with E-state index in [-0.39, 0.29) is 0 Å². The van der Waals surface area contributed by atoms with Crippen molar-refractivity contribution >= 4 is 0 Å². The quantitative estimate of drug-likeness (QED) is 0.269. The molecule has 0 atom stereocenters. The molecule has 30 heavy (non-hydrogen) atoms. The highest BCUT2D eigenvalue weighted by molar-refractivity contribution is 5.45. The number of rotatable bonds is 8. The number of benzene rings is 1. The molecule has 0 unspecified atom stereocenters. The molecule has 0 aromatic heterocycles. The lowest BCUT2D eigenvalue weighted by atomic mass is 9.90. The largest absolute Gasteiger partial charge is 0.417 e. The number of hydrogen-bond acceptors (Lipinski definition) is 0. The maximum atomic E-state index is 13.4. The maximum Gasteiger partial charge on any atom is 0.417 e. The molecule has 0 aliphatic rings. The monoisotopic (exact) mass is 462 g/mol. The van der Waals surface area contributed by atoms with E-state index in [0.29, 0.717) is 0 Å². The van der Waals surface area contributed by atoms with Crippen molar-refractivity contribution in [1.29, 1.82) is 0 Å². The number of aryl methyl sites for hydroxylation is 2. The van der Waals surface area contributed by atoms with Gasteiger partial charge in [-0.2, -0.15) is 52.7 Å². The first-order valence-corrected chi connectivity index (χ1v) is 8.84. The minimum absolute atomic E-state index is 0.412. The van der Waals surface area contributed by atoms with E-state index in [9.17, 15) is 52.7 Å². The zero-order chi connectivity index (χ0) is 23.4. The lowest BCUT2D eigenvalue weighted by Gasteiger charge is -2.22. The molecule has 1 aromatic rings. The summed E-state index contributed by atoms with van der Waals surface area (Å²) in [5.41, 5.74) is -5.57. The van der Waals surface area contributed by atoms with E-state index >= 15 is 0 Å². The summed E-state index contributed by atoms with van der Waals surface area (Å²) in [6, 6.07) is 1.51. The normalized spacial score (nSPS) is 13.7. The van der Waals surface area contributed by atoms with Crippen LogP contribution in [0.25, 0.3) is 0 Å². The third-order valence-corrected chi connectivity index (χ3v) is 4.26. The molecular formula is C18H18F12. The van der Waals surface area contributed by atoms with Crippen LogP contribution in [0.1, 0.15) is 60.8 Å². The first-order chi connectivity index (χ1) is 13.4. The second-order valence-corrected chi connectivity index (χ2v) is 6.77. The molecule has 0 fully saturated rings. The number of hydrogen-bond donors (Lipinski definition) is 0. The second-order valence-electron chi connectivity index (χ2n) is 6.77. The molecule has 1 aromatic carbocycles. The third kappa shape index (κ3) is 9.03. The summed E-state index contributed by atoms with van der Waals surface area (Å²) in [7, 11) is 0. The minimum Gasteiger partial charge on any atom is -0.171 e. The van der Waals surface area contributed by atoms with Gasteiger partial charge in [-0.05, 0) is 49.7 Å². The Morgan fingerprint density at radius 1 is 0.467 bits per heavy atom. The summed E-state index contributed by atoms with van der Waals surface area (Å²) < 4.78 is 153. The van der Waals surface area contributed by atoms with Gasteiger partial charge in [-0.1, -0.05) is 12.1 Å². The molecule has 0 heterocycles. The van der Waals surface area contributed by atoms with Gasteiger partial charge in [0.2, 0.25) is 0 Å². The third-order valence-electron chi connectivity index (χ3n) is 4.26. The van der Waals surface area contributed by atoms with Crippen molar-refractivity contribution in [2.75, 3.05) is 0 Å². The summed E-state index contributed by atoms with van der Waals surface area (Å²) in [6.45, 7) is 0. The highest BCUT2D eigenvalue weighted by Gasteiger charge is 2.46. The fourth-order valence-electron chi connectivity index (χ4n) is 3.04. The highest BCUT2D eigenvalue weighted by atomic mass is 19.4. The molecule has 0 radical (unpaired) electrons. The van der Waals surface area contributed by atoms with Crippen LogP contribution in [0.5, 0.6) is 0 Å². The van der Waals surface area contributed by atoms with Gasteiger partial charge in [-0.15, -0.1) is 0 Å². The van der Waals surface area contributed by atoms with Gasteiger partial charge in [0.1, 0.15) is 0 Å². The molecule has 174 valence electrons. The Kier molecular flexibility index (Phi) is 8.52. The Labute approximate surface area is 164 Å². The lowest BCUT2D eigenvalue weighted by molar-refractivity contribution is -0.163. The molecule has 0 nitrogen and oxygen atoms in total. The van der Waals surface area contributed by atoms with Crippen LogP contribution < -0.4 is 0 Å². The van der Waals surface area contributed by atoms with Gasteiger partial charge < -0.3 is 0 Å². The predicted molar refractivity (Wildman–Crippen MR) is 83.7 cm³/mol. The van der Waals surface area contributed by atoms with Crippen molar-refractivity contribution in [2.45, 2.75) is 76.1 Å². The Balaban J connectivity index is 3.17. The van der Waals surface area contributed by atoms with Gasteiger partial charge in [0, 0.05) is 12.8 Å².